The van der Waals surface area contributed by atoms with Gasteiger partial charge in [0.2, 0.25) is 0 Å². The van der Waals surface area contributed by atoms with E-state index in [2.05, 4.69) is 10.3 Å². The first kappa shape index (κ1) is 14.2. The van der Waals surface area contributed by atoms with E-state index < -0.39 is 0 Å². The van der Waals surface area contributed by atoms with E-state index in [9.17, 15) is 4.79 Å². The van der Waals surface area contributed by atoms with Crippen molar-refractivity contribution in [1.29, 1.82) is 0 Å². The highest BCUT2D eigenvalue weighted by Gasteiger charge is 2.08. The first-order valence-corrected chi connectivity index (χ1v) is 6.58. The molecule has 6 heteroatoms. The van der Waals surface area contributed by atoms with Crippen LogP contribution in [0.25, 0.3) is 0 Å². The average molecular weight is 274 g/mol. The number of hydrogen-bond acceptors (Lipinski definition) is 5. The SMILES string of the molecule is CCCOc1ccc(C(=O)Cn2cc(CN)nn2)cc1. The Balaban J connectivity index is 1.98. The van der Waals surface area contributed by atoms with Crippen molar-refractivity contribution >= 4 is 5.78 Å². The fourth-order valence-corrected chi connectivity index (χ4v) is 1.70. The van der Waals surface area contributed by atoms with Gasteiger partial charge < -0.3 is 10.5 Å². The van der Waals surface area contributed by atoms with Crippen LogP contribution >= 0.6 is 0 Å². The normalized spacial score (nSPS) is 10.5. The summed E-state index contributed by atoms with van der Waals surface area (Å²) in [5.74, 6) is 0.745. The molecule has 0 aliphatic heterocycles. The molecule has 0 atom stereocenters. The third kappa shape index (κ3) is 3.64. The van der Waals surface area contributed by atoms with Gasteiger partial charge in [0, 0.05) is 12.1 Å². The second kappa shape index (κ2) is 6.81. The first-order chi connectivity index (χ1) is 9.72. The van der Waals surface area contributed by atoms with E-state index in [-0.39, 0.29) is 12.3 Å². The van der Waals surface area contributed by atoms with Gasteiger partial charge in [-0.3, -0.25) is 4.79 Å². The van der Waals surface area contributed by atoms with E-state index in [1.54, 1.807) is 30.5 Å². The topological polar surface area (TPSA) is 83.0 Å². The van der Waals surface area contributed by atoms with Crippen LogP contribution in [-0.4, -0.2) is 27.4 Å². The van der Waals surface area contributed by atoms with E-state index in [4.69, 9.17) is 10.5 Å². The van der Waals surface area contributed by atoms with Crippen LogP contribution in [0.4, 0.5) is 0 Å². The quantitative estimate of drug-likeness (QED) is 0.772. The van der Waals surface area contributed by atoms with E-state index in [0.717, 1.165) is 12.2 Å². The molecule has 0 amide bonds. The van der Waals surface area contributed by atoms with Gasteiger partial charge in [0.25, 0.3) is 0 Å². The Morgan fingerprint density at radius 3 is 2.70 bits per heavy atom. The maximum absolute atomic E-state index is 12.1. The highest BCUT2D eigenvalue weighted by atomic mass is 16.5. The van der Waals surface area contributed by atoms with E-state index in [1.807, 2.05) is 6.92 Å². The molecule has 0 unspecified atom stereocenters. The molecule has 6 nitrogen and oxygen atoms in total. The van der Waals surface area contributed by atoms with Crippen molar-refractivity contribution < 1.29 is 9.53 Å². The van der Waals surface area contributed by atoms with Gasteiger partial charge in [-0.25, -0.2) is 4.68 Å². The number of nitrogens with zero attached hydrogens (tertiary/aromatic N) is 3. The van der Waals surface area contributed by atoms with Crippen molar-refractivity contribution in [2.24, 2.45) is 5.73 Å². The zero-order chi connectivity index (χ0) is 14.4. The van der Waals surface area contributed by atoms with Gasteiger partial charge in [-0.1, -0.05) is 12.1 Å². The number of hydrogen-bond donors (Lipinski definition) is 1. The third-order valence-corrected chi connectivity index (χ3v) is 2.75. The number of Topliss-reactive ketones (excluding diaryl/α,β-unsaturated/α-hetero) is 1. The smallest absolute Gasteiger partial charge is 0.184 e. The van der Waals surface area contributed by atoms with Crippen LogP contribution in [0.15, 0.2) is 30.5 Å². The number of rotatable bonds is 7. The maximum atomic E-state index is 12.1. The van der Waals surface area contributed by atoms with Crippen LogP contribution in [0.3, 0.4) is 0 Å². The molecule has 2 N–H and O–H groups in total. The molecule has 1 aromatic carbocycles. The average Bonchev–Trinajstić information content (AvgIpc) is 2.93. The summed E-state index contributed by atoms with van der Waals surface area (Å²) in [6.45, 7) is 3.19. The zero-order valence-corrected chi connectivity index (χ0v) is 11.5. The lowest BCUT2D eigenvalue weighted by molar-refractivity contribution is 0.0967. The number of carbonyl (C=O) groups excluding carboxylic acids is 1. The zero-order valence-electron chi connectivity index (χ0n) is 11.5. The monoisotopic (exact) mass is 274 g/mol. The second-order valence-corrected chi connectivity index (χ2v) is 4.41. The Morgan fingerprint density at radius 1 is 1.35 bits per heavy atom. The van der Waals surface area contributed by atoms with Gasteiger partial charge in [-0.05, 0) is 30.7 Å². The lowest BCUT2D eigenvalue weighted by Gasteiger charge is -2.05. The minimum atomic E-state index is -0.0273. The highest BCUT2D eigenvalue weighted by Crippen LogP contribution is 2.13. The summed E-state index contributed by atoms with van der Waals surface area (Å²) >= 11 is 0. The summed E-state index contributed by atoms with van der Waals surface area (Å²) in [7, 11) is 0. The van der Waals surface area contributed by atoms with Gasteiger partial charge in [-0.2, -0.15) is 0 Å². The number of nitrogens with two attached hydrogens (primary N) is 1. The molecule has 2 rings (SSSR count). The van der Waals surface area contributed by atoms with Crippen molar-refractivity contribution in [3.63, 3.8) is 0 Å². The molecule has 0 saturated carbocycles. The van der Waals surface area contributed by atoms with Gasteiger partial charge in [0.15, 0.2) is 5.78 Å². The van der Waals surface area contributed by atoms with Gasteiger partial charge >= 0.3 is 0 Å². The predicted molar refractivity (Wildman–Crippen MR) is 74.5 cm³/mol. The molecular formula is C14H18N4O2. The summed E-state index contributed by atoms with van der Waals surface area (Å²) < 4.78 is 6.97. The molecular weight excluding hydrogens is 256 g/mol. The minimum Gasteiger partial charge on any atom is -0.494 e. The fraction of sp³-hybridized carbons (Fsp3) is 0.357. The molecule has 0 bridgehead atoms. The number of benzene rings is 1. The van der Waals surface area contributed by atoms with Crippen LogP contribution in [0.5, 0.6) is 5.75 Å². The summed E-state index contributed by atoms with van der Waals surface area (Å²) in [6, 6.07) is 7.12. The van der Waals surface area contributed by atoms with Gasteiger partial charge in [-0.15, -0.1) is 5.10 Å². The van der Waals surface area contributed by atoms with Crippen LogP contribution in [0.1, 0.15) is 29.4 Å². The molecule has 106 valence electrons. The Labute approximate surface area is 117 Å². The summed E-state index contributed by atoms with van der Waals surface area (Å²) in [6.07, 6.45) is 2.63. The Hall–Kier alpha value is -2.21. The predicted octanol–water partition coefficient (Wildman–Crippen LogP) is 1.41. The van der Waals surface area contributed by atoms with Crippen molar-refractivity contribution in [3.8, 4) is 5.75 Å². The summed E-state index contributed by atoms with van der Waals surface area (Å²) in [5, 5.41) is 7.70. The van der Waals surface area contributed by atoms with Crippen molar-refractivity contribution in [2.45, 2.75) is 26.4 Å². The number of ether oxygens (including phenoxy) is 1. The molecule has 2 aromatic rings. The van der Waals surface area contributed by atoms with Crippen molar-refractivity contribution in [3.05, 3.63) is 41.7 Å². The number of carbonyl (C=O) groups is 1. The van der Waals surface area contributed by atoms with Gasteiger partial charge in [0.1, 0.15) is 12.3 Å². The summed E-state index contributed by atoms with van der Waals surface area (Å²) in [5.41, 5.74) is 6.74. The highest BCUT2D eigenvalue weighted by molar-refractivity contribution is 5.95. The molecule has 0 aliphatic carbocycles. The number of aromatic nitrogens is 3. The first-order valence-electron chi connectivity index (χ1n) is 6.58. The Morgan fingerprint density at radius 2 is 2.10 bits per heavy atom. The van der Waals surface area contributed by atoms with Crippen LogP contribution < -0.4 is 10.5 Å². The third-order valence-electron chi connectivity index (χ3n) is 2.75. The maximum Gasteiger partial charge on any atom is 0.184 e. The molecule has 0 aliphatic rings. The van der Waals surface area contributed by atoms with Crippen LogP contribution in [0.2, 0.25) is 0 Å². The Kier molecular flexibility index (Phi) is 4.84. The number of ketones is 1. The van der Waals surface area contributed by atoms with Crippen LogP contribution in [0, 0.1) is 0 Å². The lowest BCUT2D eigenvalue weighted by atomic mass is 10.1. The standard InChI is InChI=1S/C14H18N4O2/c1-2-7-20-13-5-3-11(4-6-13)14(19)10-18-9-12(8-15)16-17-18/h3-6,9H,2,7-8,10,15H2,1H3. The molecule has 20 heavy (non-hydrogen) atoms. The molecule has 0 saturated heterocycles. The van der Waals surface area contributed by atoms with Crippen LogP contribution in [-0.2, 0) is 13.1 Å². The van der Waals surface area contributed by atoms with E-state index in [0.29, 0.717) is 24.4 Å². The summed E-state index contributed by atoms with van der Waals surface area (Å²) in [4.78, 5) is 12.1. The second-order valence-electron chi connectivity index (χ2n) is 4.41. The molecule has 1 heterocycles. The van der Waals surface area contributed by atoms with E-state index >= 15 is 0 Å². The largest absolute Gasteiger partial charge is 0.494 e. The van der Waals surface area contributed by atoms with Gasteiger partial charge in [0.05, 0.1) is 18.5 Å². The van der Waals surface area contributed by atoms with Crippen molar-refractivity contribution in [2.75, 3.05) is 6.61 Å². The van der Waals surface area contributed by atoms with Crippen molar-refractivity contribution in [1.82, 2.24) is 15.0 Å². The molecule has 1 aromatic heterocycles. The lowest BCUT2D eigenvalue weighted by Crippen LogP contribution is -2.11. The fourth-order valence-electron chi connectivity index (χ4n) is 1.70. The molecule has 0 spiro atoms. The molecule has 0 radical (unpaired) electrons. The van der Waals surface area contributed by atoms with E-state index in [1.165, 1.54) is 4.68 Å². The molecule has 0 fully saturated rings. The Bertz CT molecular complexity index is 563. The minimum absolute atomic E-state index is 0.0273.